The van der Waals surface area contributed by atoms with Crippen LogP contribution >= 0.6 is 0 Å². The highest BCUT2D eigenvalue weighted by Gasteiger charge is 2.48. The smallest absolute Gasteiger partial charge is 0.334 e. The first-order chi connectivity index (χ1) is 14.4. The molecular formula is C24H34O7. The molecule has 1 saturated heterocycles. The van der Waals surface area contributed by atoms with Gasteiger partial charge in [-0.05, 0) is 58.4 Å². The predicted octanol–water partition coefficient (Wildman–Crippen LogP) is 3.56. The highest BCUT2D eigenvalue weighted by molar-refractivity contribution is 5.91. The molecule has 0 bridgehead atoms. The summed E-state index contributed by atoms with van der Waals surface area (Å²) in [6.45, 7) is 11.9. The molecular weight excluding hydrogens is 400 g/mol. The van der Waals surface area contributed by atoms with Crippen LogP contribution in [0.2, 0.25) is 0 Å². The van der Waals surface area contributed by atoms with Crippen molar-refractivity contribution in [3.05, 3.63) is 35.5 Å². The van der Waals surface area contributed by atoms with E-state index in [4.69, 9.17) is 14.2 Å². The Kier molecular flexibility index (Phi) is 8.23. The third-order valence-electron chi connectivity index (χ3n) is 6.01. The van der Waals surface area contributed by atoms with E-state index in [9.17, 15) is 19.5 Å². The quantitative estimate of drug-likeness (QED) is 0.307. The molecule has 1 N–H and O–H groups in total. The second kappa shape index (κ2) is 10.3. The van der Waals surface area contributed by atoms with Crippen molar-refractivity contribution >= 4 is 17.9 Å². The molecule has 1 fully saturated rings. The van der Waals surface area contributed by atoms with Gasteiger partial charge in [0.1, 0.15) is 6.10 Å². The lowest BCUT2D eigenvalue weighted by molar-refractivity contribution is -0.167. The van der Waals surface area contributed by atoms with Crippen LogP contribution in [0.1, 0.15) is 66.7 Å². The van der Waals surface area contributed by atoms with Crippen molar-refractivity contribution < 1.29 is 33.7 Å². The summed E-state index contributed by atoms with van der Waals surface area (Å²) in [5.74, 6) is -2.19. The SMILES string of the molecule is C=C1C(=O)O[C@@H]2[C@@H]1C[C@H](OC(C)=O)[C@](C)(O)CC/C=C(/C)CC/C=C(\C)[C@@H]2OC(C)=O. The normalized spacial score (nSPS) is 36.1. The summed E-state index contributed by atoms with van der Waals surface area (Å²) >= 11 is 0. The number of fused-ring (bicyclic) bond motifs is 1. The van der Waals surface area contributed by atoms with E-state index < -0.39 is 47.7 Å². The number of hydrogen-bond acceptors (Lipinski definition) is 7. The molecule has 2 aliphatic rings. The highest BCUT2D eigenvalue weighted by Crippen LogP contribution is 2.39. The summed E-state index contributed by atoms with van der Waals surface area (Å²) in [5.41, 5.74) is 0.827. The Morgan fingerprint density at radius 2 is 1.81 bits per heavy atom. The fourth-order valence-electron chi connectivity index (χ4n) is 4.16. The Labute approximate surface area is 184 Å². The van der Waals surface area contributed by atoms with Crippen LogP contribution in [0, 0.1) is 5.92 Å². The third-order valence-corrected chi connectivity index (χ3v) is 6.01. The van der Waals surface area contributed by atoms with Gasteiger partial charge in [-0.1, -0.05) is 24.3 Å². The molecule has 1 heterocycles. The van der Waals surface area contributed by atoms with E-state index in [1.54, 1.807) is 6.92 Å². The van der Waals surface area contributed by atoms with Gasteiger partial charge in [-0.2, -0.15) is 0 Å². The fraction of sp³-hybridized carbons (Fsp3) is 0.625. The fourth-order valence-corrected chi connectivity index (χ4v) is 4.16. The maximum absolute atomic E-state index is 12.4. The van der Waals surface area contributed by atoms with Crippen LogP contribution in [0.4, 0.5) is 0 Å². The zero-order valence-electron chi connectivity index (χ0n) is 19.1. The molecule has 5 atom stereocenters. The second-order valence-electron chi connectivity index (χ2n) is 8.80. The number of hydrogen-bond donors (Lipinski definition) is 1. The minimum absolute atomic E-state index is 0.121. The van der Waals surface area contributed by atoms with Crippen molar-refractivity contribution in [3.63, 3.8) is 0 Å². The molecule has 0 spiro atoms. The van der Waals surface area contributed by atoms with Gasteiger partial charge in [0.2, 0.25) is 0 Å². The minimum atomic E-state index is -1.33. The van der Waals surface area contributed by atoms with Crippen molar-refractivity contribution in [2.45, 2.75) is 90.6 Å². The van der Waals surface area contributed by atoms with Crippen molar-refractivity contribution in [2.75, 3.05) is 0 Å². The number of carbonyl (C=O) groups excluding carboxylic acids is 3. The first-order valence-electron chi connectivity index (χ1n) is 10.7. The van der Waals surface area contributed by atoms with Crippen LogP contribution in [0.5, 0.6) is 0 Å². The number of esters is 3. The lowest BCUT2D eigenvalue weighted by Crippen LogP contribution is -2.46. The molecule has 7 heteroatoms. The molecule has 1 aliphatic carbocycles. The van der Waals surface area contributed by atoms with Gasteiger partial charge in [0, 0.05) is 25.3 Å². The molecule has 0 amide bonds. The molecule has 2 rings (SSSR count). The summed E-state index contributed by atoms with van der Waals surface area (Å²) < 4.78 is 16.6. The molecule has 172 valence electrons. The van der Waals surface area contributed by atoms with Gasteiger partial charge in [0.25, 0.3) is 0 Å². The largest absolute Gasteiger partial charge is 0.459 e. The summed E-state index contributed by atoms with van der Waals surface area (Å²) in [7, 11) is 0. The summed E-state index contributed by atoms with van der Waals surface area (Å²) in [6, 6.07) is 0. The van der Waals surface area contributed by atoms with Crippen LogP contribution in [0.25, 0.3) is 0 Å². The zero-order chi connectivity index (χ0) is 23.3. The Hall–Kier alpha value is -2.41. The molecule has 7 nitrogen and oxygen atoms in total. The van der Waals surface area contributed by atoms with Crippen LogP contribution in [0.3, 0.4) is 0 Å². The van der Waals surface area contributed by atoms with Gasteiger partial charge in [0.05, 0.1) is 5.60 Å². The molecule has 0 unspecified atom stereocenters. The molecule has 0 aromatic heterocycles. The summed E-state index contributed by atoms with van der Waals surface area (Å²) in [5, 5.41) is 11.2. The standard InChI is InChI=1S/C24H34O7/c1-14-9-7-11-15(2)21(30-18(5)26)22-19(16(3)23(27)31-22)13-20(29-17(4)25)24(6,28)12-8-10-14/h10-11,19-22,28H,3,7-9,12-13H2,1-2,4-6H3/b14-10-,15-11+/t19-,20+,21+,22-,24-/m1/s1. The topological polar surface area (TPSA) is 99.1 Å². The first-order valence-corrected chi connectivity index (χ1v) is 10.7. The zero-order valence-corrected chi connectivity index (χ0v) is 19.1. The monoisotopic (exact) mass is 434 g/mol. The van der Waals surface area contributed by atoms with Gasteiger partial charge >= 0.3 is 17.9 Å². The maximum Gasteiger partial charge on any atom is 0.334 e. The molecule has 0 aromatic carbocycles. The Morgan fingerprint density at radius 1 is 1.16 bits per heavy atom. The number of allylic oxidation sites excluding steroid dienone is 3. The average Bonchev–Trinajstić information content (AvgIpc) is 2.92. The van der Waals surface area contributed by atoms with Crippen LogP contribution in [-0.4, -0.2) is 46.9 Å². The average molecular weight is 435 g/mol. The van der Waals surface area contributed by atoms with Gasteiger partial charge in [0.15, 0.2) is 12.2 Å². The van der Waals surface area contributed by atoms with Gasteiger partial charge in [-0.3, -0.25) is 9.59 Å². The number of carbonyl (C=O) groups is 3. The van der Waals surface area contributed by atoms with Crippen molar-refractivity contribution in [1.82, 2.24) is 0 Å². The van der Waals surface area contributed by atoms with E-state index in [2.05, 4.69) is 12.7 Å². The molecule has 0 radical (unpaired) electrons. The lowest BCUT2D eigenvalue weighted by Gasteiger charge is -2.35. The Balaban J connectivity index is 2.51. The molecule has 1 aliphatic heterocycles. The van der Waals surface area contributed by atoms with E-state index in [-0.39, 0.29) is 12.0 Å². The lowest BCUT2D eigenvalue weighted by atomic mass is 9.80. The Bertz CT molecular complexity index is 790. The van der Waals surface area contributed by atoms with Crippen molar-refractivity contribution in [3.8, 4) is 0 Å². The van der Waals surface area contributed by atoms with Crippen molar-refractivity contribution in [2.24, 2.45) is 5.92 Å². The van der Waals surface area contributed by atoms with Gasteiger partial charge in [-0.15, -0.1) is 0 Å². The maximum atomic E-state index is 12.4. The van der Waals surface area contributed by atoms with Crippen LogP contribution in [-0.2, 0) is 28.6 Å². The third kappa shape index (κ3) is 6.53. The predicted molar refractivity (Wildman–Crippen MR) is 115 cm³/mol. The van der Waals surface area contributed by atoms with Crippen LogP contribution < -0.4 is 0 Å². The minimum Gasteiger partial charge on any atom is -0.459 e. The van der Waals surface area contributed by atoms with E-state index in [1.807, 2.05) is 19.9 Å². The first kappa shape index (κ1) is 24.9. The number of ether oxygens (including phenoxy) is 3. The van der Waals surface area contributed by atoms with E-state index in [1.165, 1.54) is 19.4 Å². The second-order valence-corrected chi connectivity index (χ2v) is 8.80. The van der Waals surface area contributed by atoms with E-state index in [0.717, 1.165) is 18.4 Å². The number of aliphatic hydroxyl groups is 1. The molecule has 0 saturated carbocycles. The van der Waals surface area contributed by atoms with E-state index in [0.29, 0.717) is 12.8 Å². The van der Waals surface area contributed by atoms with Crippen LogP contribution in [0.15, 0.2) is 35.5 Å². The molecule has 31 heavy (non-hydrogen) atoms. The van der Waals surface area contributed by atoms with Gasteiger partial charge in [-0.25, -0.2) is 4.79 Å². The Morgan fingerprint density at radius 3 is 2.42 bits per heavy atom. The van der Waals surface area contributed by atoms with Crippen molar-refractivity contribution in [1.29, 1.82) is 0 Å². The molecule has 0 aromatic rings. The number of rotatable bonds is 2. The summed E-state index contributed by atoms with van der Waals surface area (Å²) in [4.78, 5) is 36.0. The van der Waals surface area contributed by atoms with Gasteiger partial charge < -0.3 is 19.3 Å². The summed E-state index contributed by atoms with van der Waals surface area (Å²) in [6.07, 6.45) is 4.24. The van der Waals surface area contributed by atoms with E-state index >= 15 is 0 Å². The highest BCUT2D eigenvalue weighted by atomic mass is 16.6.